The van der Waals surface area contributed by atoms with Gasteiger partial charge < -0.3 is 5.32 Å². The summed E-state index contributed by atoms with van der Waals surface area (Å²) in [7, 11) is 0. The lowest BCUT2D eigenvalue weighted by Crippen LogP contribution is -2.37. The quantitative estimate of drug-likeness (QED) is 0.598. The molecule has 0 aliphatic heterocycles. The van der Waals surface area contributed by atoms with Crippen LogP contribution in [0, 0.1) is 6.92 Å². The van der Waals surface area contributed by atoms with E-state index in [0.717, 1.165) is 35.1 Å². The summed E-state index contributed by atoms with van der Waals surface area (Å²) in [6, 6.07) is 18.6. The highest BCUT2D eigenvalue weighted by Gasteiger charge is 2.19. The molecule has 1 aliphatic rings. The fourth-order valence-electron chi connectivity index (χ4n) is 3.79. The Labute approximate surface area is 175 Å². The van der Waals surface area contributed by atoms with E-state index >= 15 is 0 Å². The Balaban J connectivity index is 1.56. The number of carbonyl (C=O) groups is 1. The normalized spacial score (nSPS) is 14.7. The minimum Gasteiger partial charge on any atom is -0.353 e. The molecule has 1 fully saturated rings. The Hall–Kier alpha value is -2.60. The molecule has 4 rings (SSSR count). The van der Waals surface area contributed by atoms with Crippen LogP contribution in [0.1, 0.15) is 37.7 Å². The molecule has 29 heavy (non-hydrogen) atoms. The fraction of sp³-hybridized carbons (Fsp3) is 0.348. The number of rotatable bonds is 6. The minimum atomic E-state index is 0.0709. The zero-order chi connectivity index (χ0) is 20.1. The van der Waals surface area contributed by atoms with Gasteiger partial charge in [0.25, 0.3) is 0 Å². The molecule has 0 radical (unpaired) electrons. The summed E-state index contributed by atoms with van der Waals surface area (Å²) in [6.07, 6.45) is 5.88. The number of thioether (sulfide) groups is 1. The van der Waals surface area contributed by atoms with Gasteiger partial charge in [-0.3, -0.25) is 9.36 Å². The predicted molar refractivity (Wildman–Crippen MR) is 117 cm³/mol. The minimum absolute atomic E-state index is 0.0709. The molecule has 2 aromatic carbocycles. The maximum atomic E-state index is 12.5. The van der Waals surface area contributed by atoms with Gasteiger partial charge in [0.1, 0.15) is 0 Å². The number of nitrogens with one attached hydrogen (secondary N) is 1. The van der Waals surface area contributed by atoms with Crippen LogP contribution in [0.15, 0.2) is 59.8 Å². The molecule has 6 heteroatoms. The summed E-state index contributed by atoms with van der Waals surface area (Å²) >= 11 is 1.44. The molecule has 0 bridgehead atoms. The molecule has 0 saturated heterocycles. The molecule has 0 unspecified atom stereocenters. The monoisotopic (exact) mass is 406 g/mol. The van der Waals surface area contributed by atoms with Gasteiger partial charge in [0.15, 0.2) is 11.0 Å². The first-order valence-corrected chi connectivity index (χ1v) is 11.2. The summed E-state index contributed by atoms with van der Waals surface area (Å²) in [5.41, 5.74) is 3.18. The summed E-state index contributed by atoms with van der Waals surface area (Å²) in [4.78, 5) is 12.5. The summed E-state index contributed by atoms with van der Waals surface area (Å²) in [5.74, 6) is 1.20. The number of aryl methyl sites for hydroxylation is 1. The molecule has 1 amide bonds. The fourth-order valence-corrected chi connectivity index (χ4v) is 4.55. The van der Waals surface area contributed by atoms with E-state index in [2.05, 4.69) is 34.6 Å². The van der Waals surface area contributed by atoms with Crippen molar-refractivity contribution in [2.24, 2.45) is 0 Å². The van der Waals surface area contributed by atoms with Gasteiger partial charge in [0, 0.05) is 17.3 Å². The van der Waals surface area contributed by atoms with Crippen molar-refractivity contribution in [2.45, 2.75) is 50.2 Å². The van der Waals surface area contributed by atoms with E-state index in [-0.39, 0.29) is 5.91 Å². The van der Waals surface area contributed by atoms with Crippen molar-refractivity contribution in [3.63, 3.8) is 0 Å². The Morgan fingerprint density at radius 3 is 2.62 bits per heavy atom. The summed E-state index contributed by atoms with van der Waals surface area (Å²) in [5, 5.41) is 12.8. The molecule has 1 N–H and O–H groups in total. The van der Waals surface area contributed by atoms with Crippen LogP contribution in [0.5, 0.6) is 0 Å². The van der Waals surface area contributed by atoms with Crippen molar-refractivity contribution < 1.29 is 4.79 Å². The second-order valence-corrected chi connectivity index (χ2v) is 8.48. The number of nitrogens with zero attached hydrogens (tertiary/aromatic N) is 3. The van der Waals surface area contributed by atoms with Crippen LogP contribution >= 0.6 is 11.8 Å². The molecule has 3 aromatic rings. The van der Waals surface area contributed by atoms with Crippen LogP contribution in [-0.2, 0) is 4.79 Å². The Morgan fingerprint density at radius 1 is 1.07 bits per heavy atom. The highest BCUT2D eigenvalue weighted by atomic mass is 32.2. The van der Waals surface area contributed by atoms with Crippen molar-refractivity contribution in [1.82, 2.24) is 20.1 Å². The first kappa shape index (κ1) is 19.7. The van der Waals surface area contributed by atoms with E-state index in [4.69, 9.17) is 0 Å². The van der Waals surface area contributed by atoms with Gasteiger partial charge in [-0.1, -0.05) is 73.0 Å². The van der Waals surface area contributed by atoms with E-state index in [9.17, 15) is 4.79 Å². The Kier molecular flexibility index (Phi) is 6.30. The third kappa shape index (κ3) is 4.88. The largest absolute Gasteiger partial charge is 0.353 e. The third-order valence-corrected chi connectivity index (χ3v) is 6.16. The lowest BCUT2D eigenvalue weighted by Gasteiger charge is -2.22. The molecule has 0 atom stereocenters. The van der Waals surface area contributed by atoms with Crippen LogP contribution < -0.4 is 5.32 Å². The van der Waals surface area contributed by atoms with Crippen LogP contribution in [0.2, 0.25) is 0 Å². The molecule has 1 saturated carbocycles. The summed E-state index contributed by atoms with van der Waals surface area (Å²) in [6.45, 7) is 2.07. The molecular weight excluding hydrogens is 380 g/mol. The number of aromatic nitrogens is 3. The number of amides is 1. The van der Waals surface area contributed by atoms with Gasteiger partial charge in [-0.05, 0) is 38.0 Å². The van der Waals surface area contributed by atoms with E-state index in [0.29, 0.717) is 11.8 Å². The highest BCUT2D eigenvalue weighted by Crippen LogP contribution is 2.28. The maximum Gasteiger partial charge on any atom is 0.230 e. The molecular formula is C23H26N4OS. The number of carbonyl (C=O) groups excluding carboxylic acids is 1. The second-order valence-electron chi connectivity index (χ2n) is 7.54. The molecule has 1 aromatic heterocycles. The van der Waals surface area contributed by atoms with E-state index < -0.39 is 0 Å². The first-order chi connectivity index (χ1) is 14.2. The molecule has 150 valence electrons. The number of hydrogen-bond donors (Lipinski definition) is 1. The van der Waals surface area contributed by atoms with Crippen molar-refractivity contribution in [1.29, 1.82) is 0 Å². The Morgan fingerprint density at radius 2 is 1.86 bits per heavy atom. The highest BCUT2D eigenvalue weighted by molar-refractivity contribution is 7.99. The topological polar surface area (TPSA) is 59.8 Å². The smallest absolute Gasteiger partial charge is 0.230 e. The van der Waals surface area contributed by atoms with E-state index in [1.165, 1.54) is 36.6 Å². The zero-order valence-electron chi connectivity index (χ0n) is 16.7. The van der Waals surface area contributed by atoms with Crippen molar-refractivity contribution in [3.8, 4) is 17.1 Å². The van der Waals surface area contributed by atoms with Gasteiger partial charge in [-0.2, -0.15) is 0 Å². The molecule has 0 spiro atoms. The van der Waals surface area contributed by atoms with Crippen LogP contribution in [0.4, 0.5) is 0 Å². The van der Waals surface area contributed by atoms with Crippen LogP contribution in [0.3, 0.4) is 0 Å². The lowest BCUT2D eigenvalue weighted by molar-refractivity contribution is -0.119. The van der Waals surface area contributed by atoms with Crippen molar-refractivity contribution in [2.75, 3.05) is 5.75 Å². The summed E-state index contributed by atoms with van der Waals surface area (Å²) < 4.78 is 2.04. The Bertz CT molecular complexity index is 964. The van der Waals surface area contributed by atoms with E-state index in [1.807, 2.05) is 47.0 Å². The van der Waals surface area contributed by atoms with E-state index in [1.54, 1.807) is 0 Å². The predicted octanol–water partition coefficient (Wildman–Crippen LogP) is 4.78. The number of para-hydroxylation sites is 1. The second kappa shape index (κ2) is 9.27. The van der Waals surface area contributed by atoms with Crippen LogP contribution in [-0.4, -0.2) is 32.5 Å². The average molecular weight is 407 g/mol. The standard InChI is InChI=1S/C23H26N4OS/c1-17-9-8-10-18(15-17)22-25-26-23(27(22)20-13-6-3-7-14-20)29-16-21(28)24-19-11-4-2-5-12-19/h3,6-10,13-15,19H,2,4-5,11-12,16H2,1H3,(H,24,28). The molecule has 1 aliphatic carbocycles. The van der Waals surface area contributed by atoms with Crippen LogP contribution in [0.25, 0.3) is 17.1 Å². The lowest BCUT2D eigenvalue weighted by atomic mass is 9.95. The van der Waals surface area contributed by atoms with Gasteiger partial charge in [0.05, 0.1) is 5.75 Å². The van der Waals surface area contributed by atoms with Crippen molar-refractivity contribution >= 4 is 17.7 Å². The van der Waals surface area contributed by atoms with Crippen molar-refractivity contribution in [3.05, 3.63) is 60.2 Å². The molecule has 1 heterocycles. The van der Waals surface area contributed by atoms with Gasteiger partial charge in [-0.15, -0.1) is 10.2 Å². The van der Waals surface area contributed by atoms with Gasteiger partial charge >= 0.3 is 0 Å². The van der Waals surface area contributed by atoms with Gasteiger partial charge in [0.2, 0.25) is 5.91 Å². The average Bonchev–Trinajstić information content (AvgIpc) is 3.18. The van der Waals surface area contributed by atoms with Gasteiger partial charge in [-0.25, -0.2) is 0 Å². The maximum absolute atomic E-state index is 12.5. The third-order valence-electron chi connectivity index (χ3n) is 5.23. The molecule has 5 nitrogen and oxygen atoms in total. The zero-order valence-corrected chi connectivity index (χ0v) is 17.5. The first-order valence-electron chi connectivity index (χ1n) is 10.2. The number of benzene rings is 2. The SMILES string of the molecule is Cc1cccc(-c2nnc(SCC(=O)NC3CCCCC3)n2-c2ccccc2)c1. The number of hydrogen-bond acceptors (Lipinski definition) is 4.